The molecule has 0 atom stereocenters. The minimum atomic E-state index is -4.66. The first-order valence-corrected chi connectivity index (χ1v) is 16.7. The molecule has 0 N–H and O–H groups in total. The molecule has 0 saturated heterocycles. The number of aromatic nitrogens is 1. The molecule has 240 valence electrons. The van der Waals surface area contributed by atoms with Crippen molar-refractivity contribution < 1.29 is 41.6 Å². The Morgan fingerprint density at radius 3 is 1.78 bits per heavy atom. The number of hydrogen-bond acceptors (Lipinski definition) is 10. The quantitative estimate of drug-likeness (QED) is 0.0523. The van der Waals surface area contributed by atoms with Gasteiger partial charge in [-0.2, -0.15) is 0 Å². The molecule has 0 bridgehead atoms. The van der Waals surface area contributed by atoms with Gasteiger partial charge in [-0.15, -0.1) is 0 Å². The van der Waals surface area contributed by atoms with Gasteiger partial charge in [0, 0.05) is 30.1 Å². The molecule has 0 fully saturated rings. The Bertz CT molecular complexity index is 1700. The molecular weight excluding hydrogens is 631 g/mol. The van der Waals surface area contributed by atoms with Gasteiger partial charge in [0.2, 0.25) is 0 Å². The van der Waals surface area contributed by atoms with Gasteiger partial charge in [0.25, 0.3) is 0 Å². The van der Waals surface area contributed by atoms with Crippen LogP contribution >= 0.6 is 0 Å². The maximum atomic E-state index is 12.0. The van der Waals surface area contributed by atoms with E-state index in [1.54, 1.807) is 6.92 Å². The Balaban J connectivity index is 0.000000268. The highest BCUT2D eigenvalue weighted by Crippen LogP contribution is 2.35. The van der Waals surface area contributed by atoms with Crippen LogP contribution in [-0.4, -0.2) is 54.8 Å². The number of rotatable bonds is 11. The van der Waals surface area contributed by atoms with E-state index in [0.717, 1.165) is 11.1 Å². The third-order valence-corrected chi connectivity index (χ3v) is 8.74. The standard InChI is InChI=1S/C24H23O2S.C10H11NO7S/c1-17(2)24(25)26-23-18(3)15-22(16-19(23)4)27(20-11-7-5-8-12-20)21-13-9-6-10-14-21;12-9(7-19(14,15)16)17-5-6-18-10(13)8-1-3-11-4-2-8/h5-16H,1H2,2-4H3;1-4H,5-7H2,(H,14,15,16)/q+1;/p-1. The maximum Gasteiger partial charge on any atom is 0.338 e. The van der Waals surface area contributed by atoms with Gasteiger partial charge in [-0.25, -0.2) is 18.0 Å². The van der Waals surface area contributed by atoms with Gasteiger partial charge in [-0.3, -0.25) is 9.78 Å². The Kier molecular flexibility index (Phi) is 13.2. The molecule has 0 aliphatic carbocycles. The zero-order chi connectivity index (χ0) is 33.7. The summed E-state index contributed by atoms with van der Waals surface area (Å²) in [7, 11) is -4.88. The Labute approximate surface area is 271 Å². The minimum Gasteiger partial charge on any atom is -0.748 e. The fourth-order valence-electron chi connectivity index (χ4n) is 3.94. The molecule has 0 aliphatic rings. The van der Waals surface area contributed by atoms with Crippen LogP contribution in [0.2, 0.25) is 0 Å². The zero-order valence-electron chi connectivity index (χ0n) is 25.5. The number of pyridine rings is 1. The average molecular weight is 664 g/mol. The van der Waals surface area contributed by atoms with Crippen LogP contribution < -0.4 is 4.74 Å². The van der Waals surface area contributed by atoms with Gasteiger partial charge in [-0.1, -0.05) is 43.0 Å². The smallest absolute Gasteiger partial charge is 0.338 e. The molecule has 0 amide bonds. The fraction of sp³-hybridized carbons (Fsp3) is 0.176. The van der Waals surface area contributed by atoms with Crippen molar-refractivity contribution in [3.63, 3.8) is 0 Å². The van der Waals surface area contributed by atoms with Gasteiger partial charge in [0.05, 0.1) is 16.5 Å². The summed E-state index contributed by atoms with van der Waals surface area (Å²) in [4.78, 5) is 41.6. The van der Waals surface area contributed by atoms with Crippen LogP contribution in [0, 0.1) is 13.8 Å². The van der Waals surface area contributed by atoms with Gasteiger partial charge in [0.15, 0.2) is 14.7 Å². The summed E-state index contributed by atoms with van der Waals surface area (Å²) < 4.78 is 45.3. The highest BCUT2D eigenvalue weighted by atomic mass is 32.2. The topological polar surface area (TPSA) is 149 Å². The molecule has 0 aliphatic heterocycles. The fourth-order valence-corrected chi connectivity index (χ4v) is 6.57. The summed E-state index contributed by atoms with van der Waals surface area (Å²) in [6.45, 7) is 8.71. The normalized spacial score (nSPS) is 10.7. The summed E-state index contributed by atoms with van der Waals surface area (Å²) >= 11 is 0. The van der Waals surface area contributed by atoms with Crippen LogP contribution in [0.25, 0.3) is 0 Å². The van der Waals surface area contributed by atoms with E-state index in [-0.39, 0.29) is 35.6 Å². The van der Waals surface area contributed by atoms with Crippen molar-refractivity contribution in [3.05, 3.63) is 126 Å². The number of benzene rings is 3. The molecule has 0 radical (unpaired) electrons. The summed E-state index contributed by atoms with van der Waals surface area (Å²) in [5, 5.41) is 0. The number of carbonyl (C=O) groups is 3. The number of aryl methyl sites for hydroxylation is 2. The van der Waals surface area contributed by atoms with Crippen molar-refractivity contribution in [3.8, 4) is 5.75 Å². The van der Waals surface area contributed by atoms with Crippen molar-refractivity contribution in [2.24, 2.45) is 0 Å². The van der Waals surface area contributed by atoms with Gasteiger partial charge >= 0.3 is 17.9 Å². The lowest BCUT2D eigenvalue weighted by Gasteiger charge is -2.13. The van der Waals surface area contributed by atoms with Crippen LogP contribution in [-0.2, 0) is 40.1 Å². The molecule has 0 saturated carbocycles. The predicted octanol–water partition coefficient (Wildman–Crippen LogP) is 5.21. The van der Waals surface area contributed by atoms with Crippen molar-refractivity contribution in [1.82, 2.24) is 4.98 Å². The molecule has 46 heavy (non-hydrogen) atoms. The Hall–Kier alpha value is -4.78. The van der Waals surface area contributed by atoms with Crippen molar-refractivity contribution in [2.45, 2.75) is 35.5 Å². The monoisotopic (exact) mass is 663 g/mol. The predicted molar refractivity (Wildman–Crippen MR) is 171 cm³/mol. The number of ether oxygens (including phenoxy) is 3. The van der Waals surface area contributed by atoms with E-state index in [4.69, 9.17) is 9.47 Å². The third kappa shape index (κ3) is 11.3. The van der Waals surface area contributed by atoms with Gasteiger partial charge in [-0.05, 0) is 68.3 Å². The second-order valence-corrected chi connectivity index (χ2v) is 13.2. The molecule has 3 aromatic carbocycles. The molecule has 4 aromatic rings. The van der Waals surface area contributed by atoms with Crippen LogP contribution in [0.1, 0.15) is 28.4 Å². The van der Waals surface area contributed by atoms with E-state index >= 15 is 0 Å². The zero-order valence-corrected chi connectivity index (χ0v) is 27.1. The van der Waals surface area contributed by atoms with E-state index in [1.807, 2.05) is 26.0 Å². The molecule has 1 heterocycles. The molecule has 1 aromatic heterocycles. The number of esters is 3. The third-order valence-electron chi connectivity index (χ3n) is 5.96. The van der Waals surface area contributed by atoms with E-state index in [2.05, 4.69) is 77.0 Å². The molecule has 0 unspecified atom stereocenters. The lowest BCUT2D eigenvalue weighted by Crippen LogP contribution is -2.20. The maximum absolute atomic E-state index is 12.0. The number of nitrogens with zero attached hydrogens (tertiary/aromatic N) is 1. The van der Waals surface area contributed by atoms with Crippen LogP contribution in [0.5, 0.6) is 5.75 Å². The van der Waals surface area contributed by atoms with Crippen LogP contribution in [0.15, 0.2) is 124 Å². The van der Waals surface area contributed by atoms with Crippen molar-refractivity contribution in [1.29, 1.82) is 0 Å². The highest BCUT2D eigenvalue weighted by molar-refractivity contribution is 7.97. The number of hydrogen-bond donors (Lipinski definition) is 0. The molecule has 0 spiro atoms. The lowest BCUT2D eigenvalue weighted by molar-refractivity contribution is -0.141. The summed E-state index contributed by atoms with van der Waals surface area (Å²) in [5.74, 6) is -2.83. The largest absolute Gasteiger partial charge is 0.748 e. The molecule has 12 heteroatoms. The van der Waals surface area contributed by atoms with Gasteiger partial charge < -0.3 is 18.8 Å². The highest BCUT2D eigenvalue weighted by Gasteiger charge is 2.30. The second kappa shape index (κ2) is 17.1. The van der Waals surface area contributed by atoms with Crippen molar-refractivity contribution in [2.75, 3.05) is 19.0 Å². The Morgan fingerprint density at radius 1 is 0.804 bits per heavy atom. The van der Waals surface area contributed by atoms with E-state index < -0.39 is 27.8 Å². The summed E-state index contributed by atoms with van der Waals surface area (Å²) in [5.41, 5.74) is 2.57. The minimum absolute atomic E-state index is 0.223. The summed E-state index contributed by atoms with van der Waals surface area (Å²) in [6, 6.07) is 28.1. The SMILES string of the molecule is C=C(C)C(=O)Oc1c(C)cc([S+](c2ccccc2)c2ccccc2)cc1C.O=C(CS(=O)(=O)[O-])OCCOC(=O)c1ccncc1. The first-order valence-electron chi connectivity index (χ1n) is 13.9. The first-order chi connectivity index (χ1) is 21.9. The molecular formula is C34H33NO9S2. The first kappa shape index (κ1) is 35.7. The molecule has 10 nitrogen and oxygen atoms in total. The van der Waals surface area contributed by atoms with Gasteiger partial charge in [0.1, 0.15) is 34.8 Å². The average Bonchev–Trinajstić information content (AvgIpc) is 3.02. The van der Waals surface area contributed by atoms with Crippen LogP contribution in [0.3, 0.4) is 0 Å². The van der Waals surface area contributed by atoms with E-state index in [1.165, 1.54) is 39.2 Å². The molecule has 4 rings (SSSR count). The second-order valence-electron chi connectivity index (χ2n) is 9.78. The lowest BCUT2D eigenvalue weighted by atomic mass is 10.1. The number of carbonyl (C=O) groups excluding carboxylic acids is 3. The van der Waals surface area contributed by atoms with E-state index in [0.29, 0.717) is 11.3 Å². The Morgan fingerprint density at radius 2 is 1.30 bits per heavy atom. The summed E-state index contributed by atoms with van der Waals surface area (Å²) in [6.07, 6.45) is 2.82. The van der Waals surface area contributed by atoms with E-state index in [9.17, 15) is 27.4 Å². The van der Waals surface area contributed by atoms with Crippen molar-refractivity contribution >= 4 is 38.9 Å². The van der Waals surface area contributed by atoms with Crippen LogP contribution in [0.4, 0.5) is 0 Å².